The molecule has 1 aromatic rings. The highest BCUT2D eigenvalue weighted by atomic mass is 32.2. The predicted octanol–water partition coefficient (Wildman–Crippen LogP) is 1.88. The highest BCUT2D eigenvalue weighted by molar-refractivity contribution is 7.91. The first-order chi connectivity index (χ1) is 8.91. The maximum absolute atomic E-state index is 11.8. The van der Waals surface area contributed by atoms with Gasteiger partial charge < -0.3 is 11.1 Å². The number of nitrogens with two attached hydrogens (primary N) is 1. The van der Waals surface area contributed by atoms with Crippen molar-refractivity contribution in [1.29, 1.82) is 0 Å². The number of unbranched alkanes of at least 4 members (excludes halogenated alkanes) is 2. The lowest BCUT2D eigenvalue weighted by Crippen LogP contribution is -2.08. The molecule has 0 bridgehead atoms. The first kappa shape index (κ1) is 15.8. The van der Waals surface area contributed by atoms with E-state index in [9.17, 15) is 8.42 Å². The van der Waals surface area contributed by atoms with Crippen LogP contribution >= 0.6 is 0 Å². The van der Waals surface area contributed by atoms with Crippen LogP contribution in [-0.4, -0.2) is 31.0 Å². The number of nitrogen functional groups attached to an aromatic ring is 1. The van der Waals surface area contributed by atoms with Crippen molar-refractivity contribution in [2.24, 2.45) is 0 Å². The van der Waals surface area contributed by atoms with Crippen LogP contribution in [-0.2, 0) is 16.4 Å². The molecule has 0 saturated heterocycles. The molecule has 7 heteroatoms. The lowest BCUT2D eigenvalue weighted by molar-refractivity contribution is 0.578. The van der Waals surface area contributed by atoms with Crippen molar-refractivity contribution < 1.29 is 8.42 Å². The van der Waals surface area contributed by atoms with Gasteiger partial charge in [-0.1, -0.05) is 26.7 Å². The van der Waals surface area contributed by atoms with E-state index in [0.29, 0.717) is 18.9 Å². The van der Waals surface area contributed by atoms with Crippen LogP contribution in [0.25, 0.3) is 0 Å². The Bertz CT molecular complexity index is 508. The minimum Gasteiger partial charge on any atom is -0.383 e. The van der Waals surface area contributed by atoms with E-state index < -0.39 is 9.84 Å². The van der Waals surface area contributed by atoms with Gasteiger partial charge in [-0.15, -0.1) is 0 Å². The molecular weight excluding hydrogens is 264 g/mol. The molecule has 19 heavy (non-hydrogen) atoms. The van der Waals surface area contributed by atoms with Gasteiger partial charge in [0.15, 0.2) is 20.6 Å². The summed E-state index contributed by atoms with van der Waals surface area (Å²) in [6.07, 6.45) is 5.09. The third-order valence-electron chi connectivity index (χ3n) is 2.86. The monoisotopic (exact) mass is 288 g/mol. The van der Waals surface area contributed by atoms with E-state index >= 15 is 0 Å². The molecule has 0 saturated carbocycles. The maximum atomic E-state index is 11.8. The zero-order valence-corrected chi connectivity index (χ0v) is 12.8. The predicted molar refractivity (Wildman–Crippen MR) is 78.1 cm³/mol. The molecule has 0 spiro atoms. The van der Waals surface area contributed by atoms with E-state index in [1.807, 2.05) is 0 Å². The Kier molecular flexibility index (Phi) is 5.65. The Balaban J connectivity index is 3.05. The van der Waals surface area contributed by atoms with Crippen LogP contribution in [0.4, 0.5) is 11.6 Å². The first-order valence-electron chi connectivity index (χ1n) is 6.72. The summed E-state index contributed by atoms with van der Waals surface area (Å²) in [4.78, 5) is 0.125. The van der Waals surface area contributed by atoms with Crippen molar-refractivity contribution in [3.05, 3.63) is 0 Å². The zero-order valence-electron chi connectivity index (χ0n) is 11.9. The zero-order chi connectivity index (χ0) is 14.5. The Hall–Kier alpha value is -1.24. The summed E-state index contributed by atoms with van der Waals surface area (Å²) in [5, 5.41) is 7.35. The third-order valence-corrected chi connectivity index (χ3v) is 4.01. The maximum Gasteiger partial charge on any atom is 0.182 e. The number of nitrogens with zero attached hydrogens (tertiary/aromatic N) is 2. The van der Waals surface area contributed by atoms with Crippen LogP contribution < -0.4 is 11.1 Å². The van der Waals surface area contributed by atoms with Crippen LogP contribution in [0.5, 0.6) is 0 Å². The highest BCUT2D eigenvalue weighted by Gasteiger charge is 2.23. The average molecular weight is 288 g/mol. The van der Waals surface area contributed by atoms with Crippen LogP contribution in [0.15, 0.2) is 4.90 Å². The molecule has 1 aromatic heterocycles. The van der Waals surface area contributed by atoms with Gasteiger partial charge in [-0.2, -0.15) is 5.10 Å². The molecule has 0 amide bonds. The number of hydrogen-bond donors (Lipinski definition) is 2. The van der Waals surface area contributed by atoms with E-state index in [1.165, 1.54) is 0 Å². The molecule has 110 valence electrons. The summed E-state index contributed by atoms with van der Waals surface area (Å²) in [5.41, 5.74) is 5.92. The number of aryl methyl sites for hydroxylation is 1. The van der Waals surface area contributed by atoms with Gasteiger partial charge in [-0.05, 0) is 12.8 Å². The van der Waals surface area contributed by atoms with E-state index in [2.05, 4.69) is 24.3 Å². The Morgan fingerprint density at radius 1 is 1.26 bits per heavy atom. The van der Waals surface area contributed by atoms with E-state index in [1.54, 1.807) is 4.68 Å². The van der Waals surface area contributed by atoms with Crippen LogP contribution in [0.3, 0.4) is 0 Å². The number of sulfone groups is 1. The smallest absolute Gasteiger partial charge is 0.182 e. The second kappa shape index (κ2) is 6.79. The normalized spacial score (nSPS) is 11.7. The third kappa shape index (κ3) is 4.12. The molecule has 0 fully saturated rings. The lowest BCUT2D eigenvalue weighted by atomic mass is 10.3. The fourth-order valence-electron chi connectivity index (χ4n) is 1.80. The van der Waals surface area contributed by atoms with Gasteiger partial charge in [0.1, 0.15) is 5.82 Å². The average Bonchev–Trinajstić information content (AvgIpc) is 2.63. The van der Waals surface area contributed by atoms with Crippen molar-refractivity contribution in [2.75, 3.05) is 23.9 Å². The number of rotatable bonds is 8. The van der Waals surface area contributed by atoms with Crippen LogP contribution in [0.2, 0.25) is 0 Å². The van der Waals surface area contributed by atoms with Gasteiger partial charge in [0, 0.05) is 19.3 Å². The van der Waals surface area contributed by atoms with Gasteiger partial charge in [-0.25, -0.2) is 13.1 Å². The molecule has 0 aliphatic heterocycles. The minimum absolute atomic E-state index is 0.125. The van der Waals surface area contributed by atoms with Crippen molar-refractivity contribution in [3.8, 4) is 0 Å². The second-order valence-electron chi connectivity index (χ2n) is 4.69. The minimum atomic E-state index is -3.38. The molecule has 0 aliphatic carbocycles. The summed E-state index contributed by atoms with van der Waals surface area (Å²) in [7, 11) is -3.38. The summed E-state index contributed by atoms with van der Waals surface area (Å²) in [6.45, 7) is 5.48. The SMILES string of the molecule is CCCCNc1nn(CCCC)c(N)c1S(C)(=O)=O. The number of nitrogens with one attached hydrogen (secondary N) is 1. The molecule has 0 unspecified atom stereocenters. The summed E-state index contributed by atoms with van der Waals surface area (Å²) in [6, 6.07) is 0. The summed E-state index contributed by atoms with van der Waals surface area (Å²) < 4.78 is 25.2. The molecule has 0 radical (unpaired) electrons. The molecular formula is C12H24N4O2S. The van der Waals surface area contributed by atoms with Crippen molar-refractivity contribution in [3.63, 3.8) is 0 Å². The lowest BCUT2D eigenvalue weighted by Gasteiger charge is -2.03. The van der Waals surface area contributed by atoms with E-state index in [4.69, 9.17) is 5.73 Å². The number of hydrogen-bond acceptors (Lipinski definition) is 5. The molecule has 0 aromatic carbocycles. The van der Waals surface area contributed by atoms with Gasteiger partial charge in [0.2, 0.25) is 0 Å². The van der Waals surface area contributed by atoms with Crippen LogP contribution in [0, 0.1) is 0 Å². The molecule has 0 atom stereocenters. The first-order valence-corrected chi connectivity index (χ1v) is 8.61. The summed E-state index contributed by atoms with van der Waals surface area (Å²) >= 11 is 0. The highest BCUT2D eigenvalue weighted by Crippen LogP contribution is 2.27. The largest absolute Gasteiger partial charge is 0.383 e. The molecule has 6 nitrogen and oxygen atoms in total. The van der Waals surface area contributed by atoms with Gasteiger partial charge in [-0.3, -0.25) is 0 Å². The molecule has 3 N–H and O–H groups in total. The Morgan fingerprint density at radius 3 is 2.42 bits per heavy atom. The topological polar surface area (TPSA) is 90.0 Å². The molecule has 1 rings (SSSR count). The Labute approximate surface area is 115 Å². The van der Waals surface area contributed by atoms with Gasteiger partial charge in [0.05, 0.1) is 0 Å². The van der Waals surface area contributed by atoms with Crippen molar-refractivity contribution >= 4 is 21.5 Å². The van der Waals surface area contributed by atoms with E-state index in [0.717, 1.165) is 31.9 Å². The quantitative estimate of drug-likeness (QED) is 0.713. The van der Waals surface area contributed by atoms with E-state index in [-0.39, 0.29) is 10.7 Å². The summed E-state index contributed by atoms with van der Waals surface area (Å²) in [5.74, 6) is 0.611. The van der Waals surface area contributed by atoms with Crippen LogP contribution in [0.1, 0.15) is 39.5 Å². The van der Waals surface area contributed by atoms with Gasteiger partial charge in [0.25, 0.3) is 0 Å². The second-order valence-corrected chi connectivity index (χ2v) is 6.64. The number of aromatic nitrogens is 2. The fraction of sp³-hybridized carbons (Fsp3) is 0.750. The van der Waals surface area contributed by atoms with Crippen molar-refractivity contribution in [1.82, 2.24) is 9.78 Å². The standard InChI is InChI=1S/C12H24N4O2S/c1-4-6-8-14-12-10(19(3,17)18)11(13)16(15-12)9-7-5-2/h4-9,13H2,1-3H3,(H,14,15). The van der Waals surface area contributed by atoms with Gasteiger partial charge >= 0.3 is 0 Å². The molecule has 0 aliphatic rings. The number of anilines is 2. The van der Waals surface area contributed by atoms with Crippen molar-refractivity contribution in [2.45, 2.75) is 51.0 Å². The Morgan fingerprint density at radius 2 is 1.89 bits per heavy atom. The fourth-order valence-corrected chi connectivity index (χ4v) is 2.75. The molecule has 1 heterocycles.